The zero-order chi connectivity index (χ0) is 14.2. The Morgan fingerprint density at radius 1 is 1.26 bits per heavy atom. The summed E-state index contributed by atoms with van der Waals surface area (Å²) in [4.78, 5) is 0.186. The molecule has 1 aliphatic heterocycles. The lowest BCUT2D eigenvalue weighted by molar-refractivity contribution is 0.258. The first-order valence-corrected chi connectivity index (χ1v) is 7.82. The van der Waals surface area contributed by atoms with E-state index in [4.69, 9.17) is 5.73 Å². The largest absolute Gasteiger partial charge is 0.315 e. The molecule has 1 aromatic rings. The lowest BCUT2D eigenvalue weighted by Gasteiger charge is -2.32. The van der Waals surface area contributed by atoms with E-state index in [-0.39, 0.29) is 4.90 Å². The molecule has 2 rings (SSSR count). The van der Waals surface area contributed by atoms with Crippen LogP contribution in [0.15, 0.2) is 17.0 Å². The first kappa shape index (κ1) is 14.4. The maximum absolute atomic E-state index is 13.3. The third kappa shape index (κ3) is 2.66. The van der Waals surface area contributed by atoms with Crippen molar-refractivity contribution in [2.45, 2.75) is 44.2 Å². The highest BCUT2D eigenvalue weighted by atomic mass is 32.2. The molecular weight excluding hydrogens is 267 g/mol. The van der Waals surface area contributed by atoms with Crippen molar-refractivity contribution < 1.29 is 12.8 Å². The molecule has 0 amide bonds. The lowest BCUT2D eigenvalue weighted by Crippen LogP contribution is -2.48. The standard InChI is InChI=1S/C13H19FN2O2S/c1-9-7-11(14)8-10(2)13(9)19(17,18)16-6-4-3-5-12(16)15/h7-8,12H,3-6,15H2,1-2H3. The first-order chi connectivity index (χ1) is 8.84. The molecule has 19 heavy (non-hydrogen) atoms. The Hall–Kier alpha value is -0.980. The van der Waals surface area contributed by atoms with E-state index in [9.17, 15) is 12.8 Å². The number of sulfonamides is 1. The van der Waals surface area contributed by atoms with Gasteiger partial charge in [-0.3, -0.25) is 0 Å². The zero-order valence-corrected chi connectivity index (χ0v) is 12.0. The van der Waals surface area contributed by atoms with Gasteiger partial charge in [-0.05, 0) is 56.4 Å². The van der Waals surface area contributed by atoms with Crippen molar-refractivity contribution in [1.29, 1.82) is 0 Å². The normalized spacial score (nSPS) is 21.6. The first-order valence-electron chi connectivity index (χ1n) is 6.38. The molecule has 1 aliphatic rings. The number of aryl methyl sites for hydroxylation is 2. The third-order valence-electron chi connectivity index (χ3n) is 3.49. The smallest absolute Gasteiger partial charge is 0.244 e. The fraction of sp³-hybridized carbons (Fsp3) is 0.538. The van der Waals surface area contributed by atoms with Gasteiger partial charge in [0.1, 0.15) is 5.82 Å². The monoisotopic (exact) mass is 286 g/mol. The second-order valence-electron chi connectivity index (χ2n) is 5.05. The maximum Gasteiger partial charge on any atom is 0.244 e. The van der Waals surface area contributed by atoms with Crippen LogP contribution < -0.4 is 5.73 Å². The summed E-state index contributed by atoms with van der Waals surface area (Å²) in [6.07, 6.45) is 1.93. The number of hydrogen-bond acceptors (Lipinski definition) is 3. The van der Waals surface area contributed by atoms with Crippen molar-refractivity contribution in [3.63, 3.8) is 0 Å². The second kappa shape index (κ2) is 5.19. The van der Waals surface area contributed by atoms with Crippen molar-refractivity contribution in [3.05, 3.63) is 29.1 Å². The Kier molecular flexibility index (Phi) is 3.94. The summed E-state index contributed by atoms with van der Waals surface area (Å²) in [5.41, 5.74) is 6.76. The topological polar surface area (TPSA) is 63.4 Å². The summed E-state index contributed by atoms with van der Waals surface area (Å²) in [6, 6.07) is 2.49. The van der Waals surface area contributed by atoms with E-state index < -0.39 is 22.0 Å². The van der Waals surface area contributed by atoms with Crippen LogP contribution in [0.2, 0.25) is 0 Å². The Morgan fingerprint density at radius 2 is 1.84 bits per heavy atom. The number of nitrogens with two attached hydrogens (primary N) is 1. The van der Waals surface area contributed by atoms with Gasteiger partial charge in [-0.1, -0.05) is 0 Å². The zero-order valence-electron chi connectivity index (χ0n) is 11.2. The highest BCUT2D eigenvalue weighted by molar-refractivity contribution is 7.89. The summed E-state index contributed by atoms with van der Waals surface area (Å²) in [7, 11) is -3.65. The summed E-state index contributed by atoms with van der Waals surface area (Å²) in [5.74, 6) is -0.420. The molecular formula is C13H19FN2O2S. The van der Waals surface area contributed by atoms with E-state index >= 15 is 0 Å². The Morgan fingerprint density at radius 3 is 2.37 bits per heavy atom. The van der Waals surface area contributed by atoms with Crippen LogP contribution in [0.25, 0.3) is 0 Å². The van der Waals surface area contributed by atoms with Gasteiger partial charge in [0.15, 0.2) is 0 Å². The van der Waals surface area contributed by atoms with Crippen LogP contribution in [-0.2, 0) is 10.0 Å². The van der Waals surface area contributed by atoms with Crippen LogP contribution in [0.1, 0.15) is 30.4 Å². The van der Waals surface area contributed by atoms with E-state index in [0.29, 0.717) is 24.1 Å². The molecule has 4 nitrogen and oxygen atoms in total. The fourth-order valence-corrected chi connectivity index (χ4v) is 4.65. The van der Waals surface area contributed by atoms with Gasteiger partial charge in [-0.2, -0.15) is 4.31 Å². The van der Waals surface area contributed by atoms with E-state index in [1.54, 1.807) is 13.8 Å². The Balaban J connectivity index is 2.50. The molecule has 1 aromatic carbocycles. The average Bonchev–Trinajstić information content (AvgIpc) is 2.27. The van der Waals surface area contributed by atoms with Gasteiger partial charge in [-0.25, -0.2) is 12.8 Å². The van der Waals surface area contributed by atoms with Gasteiger partial charge < -0.3 is 5.73 Å². The molecule has 6 heteroatoms. The number of piperidine rings is 1. The molecule has 0 aliphatic carbocycles. The van der Waals surface area contributed by atoms with Gasteiger partial charge in [-0.15, -0.1) is 0 Å². The van der Waals surface area contributed by atoms with Crippen LogP contribution >= 0.6 is 0 Å². The van der Waals surface area contributed by atoms with Crippen LogP contribution in [0.4, 0.5) is 4.39 Å². The third-order valence-corrected chi connectivity index (χ3v) is 5.72. The van der Waals surface area contributed by atoms with E-state index in [1.807, 2.05) is 0 Å². The molecule has 2 N–H and O–H groups in total. The Labute approximate surface area is 113 Å². The van der Waals surface area contributed by atoms with Gasteiger partial charge in [0.2, 0.25) is 10.0 Å². The van der Waals surface area contributed by atoms with E-state index in [0.717, 1.165) is 12.8 Å². The highest BCUT2D eigenvalue weighted by Gasteiger charge is 2.33. The van der Waals surface area contributed by atoms with Crippen molar-refractivity contribution in [3.8, 4) is 0 Å². The average molecular weight is 286 g/mol. The molecule has 0 aromatic heterocycles. The van der Waals surface area contributed by atoms with E-state index in [1.165, 1.54) is 16.4 Å². The quantitative estimate of drug-likeness (QED) is 0.903. The van der Waals surface area contributed by atoms with Crippen molar-refractivity contribution in [2.75, 3.05) is 6.54 Å². The van der Waals surface area contributed by atoms with Gasteiger partial charge in [0.25, 0.3) is 0 Å². The van der Waals surface area contributed by atoms with Crippen molar-refractivity contribution >= 4 is 10.0 Å². The number of halogens is 1. The van der Waals surface area contributed by atoms with E-state index in [2.05, 4.69) is 0 Å². The molecule has 1 atom stereocenters. The predicted molar refractivity (Wildman–Crippen MR) is 71.6 cm³/mol. The minimum absolute atomic E-state index is 0.186. The second-order valence-corrected chi connectivity index (χ2v) is 6.87. The molecule has 1 heterocycles. The summed E-state index contributed by atoms with van der Waals surface area (Å²) in [5, 5.41) is 0. The number of hydrogen-bond donors (Lipinski definition) is 1. The lowest BCUT2D eigenvalue weighted by atomic mass is 10.1. The Bertz CT molecular complexity index is 563. The number of benzene rings is 1. The van der Waals surface area contributed by atoms with Crippen LogP contribution in [-0.4, -0.2) is 25.4 Å². The molecule has 0 radical (unpaired) electrons. The van der Waals surface area contributed by atoms with Gasteiger partial charge >= 0.3 is 0 Å². The molecule has 0 bridgehead atoms. The van der Waals surface area contributed by atoms with Crippen molar-refractivity contribution in [1.82, 2.24) is 4.31 Å². The minimum Gasteiger partial charge on any atom is -0.315 e. The SMILES string of the molecule is Cc1cc(F)cc(C)c1S(=O)(=O)N1CCCCC1N. The fourth-order valence-electron chi connectivity index (χ4n) is 2.65. The molecule has 1 fully saturated rings. The molecule has 0 saturated carbocycles. The summed E-state index contributed by atoms with van der Waals surface area (Å²) in [6.45, 7) is 3.65. The number of nitrogens with zero attached hydrogens (tertiary/aromatic N) is 1. The molecule has 0 spiro atoms. The van der Waals surface area contributed by atoms with Crippen LogP contribution in [0.5, 0.6) is 0 Å². The maximum atomic E-state index is 13.3. The van der Waals surface area contributed by atoms with Crippen LogP contribution in [0.3, 0.4) is 0 Å². The molecule has 106 valence electrons. The van der Waals surface area contributed by atoms with Gasteiger partial charge in [0.05, 0.1) is 11.1 Å². The predicted octanol–water partition coefficient (Wildman–Crippen LogP) is 1.90. The van der Waals surface area contributed by atoms with Gasteiger partial charge in [0, 0.05) is 6.54 Å². The molecule has 1 unspecified atom stereocenters. The minimum atomic E-state index is -3.65. The summed E-state index contributed by atoms with van der Waals surface area (Å²) >= 11 is 0. The summed E-state index contributed by atoms with van der Waals surface area (Å²) < 4.78 is 40.0. The van der Waals surface area contributed by atoms with Crippen molar-refractivity contribution in [2.24, 2.45) is 5.73 Å². The number of rotatable bonds is 2. The highest BCUT2D eigenvalue weighted by Crippen LogP contribution is 2.28. The molecule has 1 saturated heterocycles. The van der Waals surface area contributed by atoms with Crippen LogP contribution in [0, 0.1) is 19.7 Å².